The molecule has 1 amide bonds. The van der Waals surface area contributed by atoms with Gasteiger partial charge in [-0.25, -0.2) is 0 Å². The van der Waals surface area contributed by atoms with Crippen LogP contribution in [-0.2, 0) is 0 Å². The average molecular weight is 314 g/mol. The van der Waals surface area contributed by atoms with Gasteiger partial charge in [-0.1, -0.05) is 22.9 Å². The highest BCUT2D eigenvalue weighted by atomic mass is 79.9. The monoisotopic (exact) mass is 313 g/mol. The minimum atomic E-state index is -0.166. The molecule has 0 bridgehead atoms. The lowest BCUT2D eigenvalue weighted by Crippen LogP contribution is -2.45. The Bertz CT molecular complexity index is 391. The molecule has 0 radical (unpaired) electrons. The Morgan fingerprint density at radius 3 is 2.44 bits per heavy atom. The van der Waals surface area contributed by atoms with Gasteiger partial charge in [0.1, 0.15) is 5.75 Å². The molecule has 0 saturated heterocycles. The van der Waals surface area contributed by atoms with Gasteiger partial charge in [-0.2, -0.15) is 0 Å². The molecule has 1 aromatic carbocycles. The van der Waals surface area contributed by atoms with Gasteiger partial charge in [0.2, 0.25) is 0 Å². The molecule has 4 heteroatoms. The van der Waals surface area contributed by atoms with E-state index < -0.39 is 0 Å². The number of halogens is 1. The smallest absolute Gasteiger partial charge is 0.251 e. The van der Waals surface area contributed by atoms with E-state index in [0.29, 0.717) is 5.56 Å². The third kappa shape index (κ3) is 4.02. The van der Waals surface area contributed by atoms with Crippen molar-refractivity contribution in [2.24, 2.45) is 0 Å². The Morgan fingerprint density at radius 2 is 2.00 bits per heavy atom. The Kier molecular flexibility index (Phi) is 5.66. The molecule has 1 rings (SSSR count). The van der Waals surface area contributed by atoms with Crippen molar-refractivity contribution in [3.05, 3.63) is 29.8 Å². The SMILES string of the molecule is CCC(C)(CCBr)NC(=O)c1ccc(OC)cc1. The average Bonchev–Trinajstić information content (AvgIpc) is 2.39. The highest BCUT2D eigenvalue weighted by Crippen LogP contribution is 2.17. The molecular formula is C14H20BrNO2. The summed E-state index contributed by atoms with van der Waals surface area (Å²) in [7, 11) is 1.61. The number of amides is 1. The molecule has 1 atom stereocenters. The number of hydrogen-bond acceptors (Lipinski definition) is 2. The van der Waals surface area contributed by atoms with Crippen molar-refractivity contribution >= 4 is 21.8 Å². The first kappa shape index (κ1) is 15.0. The first-order valence-electron chi connectivity index (χ1n) is 6.07. The third-order valence-corrected chi connectivity index (χ3v) is 3.59. The highest BCUT2D eigenvalue weighted by molar-refractivity contribution is 9.09. The molecule has 0 fully saturated rings. The maximum Gasteiger partial charge on any atom is 0.251 e. The second-order valence-corrected chi connectivity index (χ2v) is 5.33. The number of carbonyl (C=O) groups excluding carboxylic acids is 1. The Balaban J connectivity index is 2.74. The number of ether oxygens (including phenoxy) is 1. The quantitative estimate of drug-likeness (QED) is 0.818. The van der Waals surface area contributed by atoms with E-state index in [0.717, 1.165) is 23.9 Å². The van der Waals surface area contributed by atoms with Gasteiger partial charge < -0.3 is 10.1 Å². The van der Waals surface area contributed by atoms with Crippen molar-refractivity contribution < 1.29 is 9.53 Å². The van der Waals surface area contributed by atoms with Crippen LogP contribution in [0.3, 0.4) is 0 Å². The minimum Gasteiger partial charge on any atom is -0.497 e. The lowest BCUT2D eigenvalue weighted by atomic mass is 9.95. The largest absolute Gasteiger partial charge is 0.497 e. The number of rotatable bonds is 6. The predicted molar refractivity (Wildman–Crippen MR) is 77.6 cm³/mol. The van der Waals surface area contributed by atoms with Gasteiger partial charge in [0.15, 0.2) is 0 Å². The lowest BCUT2D eigenvalue weighted by Gasteiger charge is -2.29. The number of carbonyl (C=O) groups is 1. The van der Waals surface area contributed by atoms with Crippen LogP contribution in [0.1, 0.15) is 37.0 Å². The summed E-state index contributed by atoms with van der Waals surface area (Å²) in [6.45, 7) is 4.15. The lowest BCUT2D eigenvalue weighted by molar-refractivity contribution is 0.0902. The van der Waals surface area contributed by atoms with Gasteiger partial charge >= 0.3 is 0 Å². The number of nitrogens with one attached hydrogen (secondary N) is 1. The number of benzene rings is 1. The van der Waals surface area contributed by atoms with Gasteiger partial charge in [0, 0.05) is 16.4 Å². The second-order valence-electron chi connectivity index (χ2n) is 4.54. The molecular weight excluding hydrogens is 294 g/mol. The summed E-state index contributed by atoms with van der Waals surface area (Å²) in [5.41, 5.74) is 0.491. The summed E-state index contributed by atoms with van der Waals surface area (Å²) in [6.07, 6.45) is 1.81. The van der Waals surface area contributed by atoms with Gasteiger partial charge in [0.25, 0.3) is 5.91 Å². The first-order chi connectivity index (χ1) is 8.54. The van der Waals surface area contributed by atoms with E-state index >= 15 is 0 Å². The van der Waals surface area contributed by atoms with E-state index in [1.165, 1.54) is 0 Å². The molecule has 0 aliphatic rings. The van der Waals surface area contributed by atoms with Crippen molar-refractivity contribution in [2.45, 2.75) is 32.2 Å². The Labute approximate surface area is 117 Å². The van der Waals surface area contributed by atoms with Crippen LogP contribution in [0.5, 0.6) is 5.75 Å². The number of methoxy groups -OCH3 is 1. The predicted octanol–water partition coefficient (Wildman–Crippen LogP) is 3.38. The number of hydrogen-bond donors (Lipinski definition) is 1. The fraction of sp³-hybridized carbons (Fsp3) is 0.500. The van der Waals surface area contributed by atoms with Crippen LogP contribution in [0.4, 0.5) is 0 Å². The van der Waals surface area contributed by atoms with Crippen LogP contribution >= 0.6 is 15.9 Å². The molecule has 1 N–H and O–H groups in total. The van der Waals surface area contributed by atoms with E-state index in [-0.39, 0.29) is 11.4 Å². The van der Waals surface area contributed by atoms with E-state index in [1.54, 1.807) is 31.4 Å². The normalized spacial score (nSPS) is 13.8. The van der Waals surface area contributed by atoms with E-state index in [2.05, 4.69) is 35.1 Å². The summed E-state index contributed by atoms with van der Waals surface area (Å²) in [4.78, 5) is 12.1. The zero-order valence-corrected chi connectivity index (χ0v) is 12.7. The molecule has 0 aliphatic carbocycles. The summed E-state index contributed by atoms with van der Waals surface area (Å²) in [6, 6.07) is 7.14. The summed E-state index contributed by atoms with van der Waals surface area (Å²) >= 11 is 3.42. The van der Waals surface area contributed by atoms with Crippen molar-refractivity contribution in [1.29, 1.82) is 0 Å². The van der Waals surface area contributed by atoms with Crippen molar-refractivity contribution in [1.82, 2.24) is 5.32 Å². The van der Waals surface area contributed by atoms with E-state index in [9.17, 15) is 4.79 Å². The van der Waals surface area contributed by atoms with Crippen LogP contribution in [0.25, 0.3) is 0 Å². The summed E-state index contributed by atoms with van der Waals surface area (Å²) < 4.78 is 5.07. The molecule has 0 spiro atoms. The van der Waals surface area contributed by atoms with E-state index in [4.69, 9.17) is 4.74 Å². The summed E-state index contributed by atoms with van der Waals surface area (Å²) in [5.74, 6) is 0.716. The second kappa shape index (κ2) is 6.78. The maximum absolute atomic E-state index is 12.1. The van der Waals surface area contributed by atoms with Crippen LogP contribution < -0.4 is 10.1 Å². The minimum absolute atomic E-state index is 0.0389. The molecule has 0 heterocycles. The van der Waals surface area contributed by atoms with Gasteiger partial charge in [-0.15, -0.1) is 0 Å². The molecule has 18 heavy (non-hydrogen) atoms. The molecule has 1 unspecified atom stereocenters. The topological polar surface area (TPSA) is 38.3 Å². The van der Waals surface area contributed by atoms with Crippen LogP contribution in [0.15, 0.2) is 24.3 Å². The molecule has 100 valence electrons. The van der Waals surface area contributed by atoms with Crippen LogP contribution in [0.2, 0.25) is 0 Å². The zero-order valence-electron chi connectivity index (χ0n) is 11.1. The summed E-state index contributed by atoms with van der Waals surface area (Å²) in [5, 5.41) is 3.96. The zero-order chi connectivity index (χ0) is 13.6. The first-order valence-corrected chi connectivity index (χ1v) is 7.19. The Morgan fingerprint density at radius 1 is 1.39 bits per heavy atom. The Hall–Kier alpha value is -1.03. The standard InChI is InChI=1S/C14H20BrNO2/c1-4-14(2,9-10-15)16-13(17)11-5-7-12(18-3)8-6-11/h5-8H,4,9-10H2,1-3H3,(H,16,17). The molecule has 0 aliphatic heterocycles. The highest BCUT2D eigenvalue weighted by Gasteiger charge is 2.23. The van der Waals surface area contributed by atoms with Crippen LogP contribution in [-0.4, -0.2) is 23.9 Å². The van der Waals surface area contributed by atoms with Crippen LogP contribution in [0, 0.1) is 0 Å². The molecule has 0 aromatic heterocycles. The van der Waals surface area contributed by atoms with Gasteiger partial charge in [-0.05, 0) is 44.0 Å². The fourth-order valence-corrected chi connectivity index (χ4v) is 2.50. The molecule has 3 nitrogen and oxygen atoms in total. The number of alkyl halides is 1. The maximum atomic E-state index is 12.1. The van der Waals surface area contributed by atoms with Crippen molar-refractivity contribution in [2.75, 3.05) is 12.4 Å². The van der Waals surface area contributed by atoms with E-state index in [1.807, 2.05) is 0 Å². The third-order valence-electron chi connectivity index (χ3n) is 3.19. The fourth-order valence-electron chi connectivity index (χ4n) is 1.62. The molecule has 1 aromatic rings. The van der Waals surface area contributed by atoms with Gasteiger partial charge in [0.05, 0.1) is 7.11 Å². The van der Waals surface area contributed by atoms with Gasteiger partial charge in [-0.3, -0.25) is 4.79 Å². The van der Waals surface area contributed by atoms with Crippen molar-refractivity contribution in [3.8, 4) is 5.75 Å². The van der Waals surface area contributed by atoms with Crippen molar-refractivity contribution in [3.63, 3.8) is 0 Å². The molecule has 0 saturated carbocycles.